The Balaban J connectivity index is 2.96. The SMILES string of the molecule is C/C=C(/F)c1ccccc1. The van der Waals surface area contributed by atoms with Gasteiger partial charge in [0.05, 0.1) is 0 Å². The largest absolute Gasteiger partial charge is 0.207 e. The lowest BCUT2D eigenvalue weighted by Gasteiger charge is -1.93. The van der Waals surface area contributed by atoms with E-state index in [-0.39, 0.29) is 5.83 Å². The third kappa shape index (κ3) is 1.44. The summed E-state index contributed by atoms with van der Waals surface area (Å²) in [4.78, 5) is 0. The van der Waals surface area contributed by atoms with E-state index >= 15 is 0 Å². The van der Waals surface area contributed by atoms with Crippen molar-refractivity contribution in [2.45, 2.75) is 6.92 Å². The fraction of sp³-hybridized carbons (Fsp3) is 0.111. The molecule has 0 nitrogen and oxygen atoms in total. The Kier molecular flexibility index (Phi) is 2.21. The van der Waals surface area contributed by atoms with E-state index in [0.29, 0.717) is 5.56 Å². The van der Waals surface area contributed by atoms with E-state index in [1.807, 2.05) is 18.2 Å². The molecule has 0 aliphatic carbocycles. The molecule has 0 N–H and O–H groups in total. The summed E-state index contributed by atoms with van der Waals surface area (Å²) in [6, 6.07) is 8.99. The molecule has 0 spiro atoms. The molecule has 52 valence electrons. The fourth-order valence-electron chi connectivity index (χ4n) is 0.764. The van der Waals surface area contributed by atoms with Gasteiger partial charge in [0.25, 0.3) is 0 Å². The summed E-state index contributed by atoms with van der Waals surface area (Å²) in [5.74, 6) is -0.166. The average Bonchev–Trinajstić information content (AvgIpc) is 2.05. The van der Waals surface area contributed by atoms with Crippen molar-refractivity contribution < 1.29 is 4.39 Å². The van der Waals surface area contributed by atoms with Crippen LogP contribution in [-0.2, 0) is 0 Å². The van der Waals surface area contributed by atoms with Crippen molar-refractivity contribution in [3.8, 4) is 0 Å². The van der Waals surface area contributed by atoms with Crippen LogP contribution >= 0.6 is 0 Å². The summed E-state index contributed by atoms with van der Waals surface area (Å²) in [7, 11) is 0. The molecule has 0 aliphatic heterocycles. The van der Waals surface area contributed by atoms with Crippen LogP contribution in [0.5, 0.6) is 0 Å². The third-order valence-electron chi connectivity index (χ3n) is 1.30. The molecule has 1 aromatic rings. The summed E-state index contributed by atoms with van der Waals surface area (Å²) in [6.45, 7) is 1.68. The van der Waals surface area contributed by atoms with Crippen LogP contribution in [0.15, 0.2) is 36.4 Å². The molecule has 1 rings (SSSR count). The molecule has 0 saturated carbocycles. The maximum atomic E-state index is 12.7. The molecule has 0 aromatic heterocycles. The number of hydrogen-bond donors (Lipinski definition) is 0. The van der Waals surface area contributed by atoms with E-state index in [1.54, 1.807) is 19.1 Å². The molecule has 0 amide bonds. The van der Waals surface area contributed by atoms with Gasteiger partial charge in [-0.25, -0.2) is 4.39 Å². The molecule has 0 heterocycles. The van der Waals surface area contributed by atoms with E-state index in [9.17, 15) is 4.39 Å². The first-order chi connectivity index (χ1) is 4.84. The third-order valence-corrected chi connectivity index (χ3v) is 1.30. The molecule has 1 aromatic carbocycles. The van der Waals surface area contributed by atoms with Gasteiger partial charge in [-0.05, 0) is 6.92 Å². The van der Waals surface area contributed by atoms with Crippen molar-refractivity contribution in [2.75, 3.05) is 0 Å². The summed E-state index contributed by atoms with van der Waals surface area (Å²) in [5.41, 5.74) is 0.644. The Labute approximate surface area is 60.0 Å². The molecule has 10 heavy (non-hydrogen) atoms. The number of hydrogen-bond acceptors (Lipinski definition) is 0. The Bertz CT molecular complexity index is 224. The summed E-state index contributed by atoms with van der Waals surface area (Å²) >= 11 is 0. The highest BCUT2D eigenvalue weighted by Crippen LogP contribution is 2.13. The van der Waals surface area contributed by atoms with E-state index in [2.05, 4.69) is 0 Å². The van der Waals surface area contributed by atoms with Gasteiger partial charge in [-0.3, -0.25) is 0 Å². The van der Waals surface area contributed by atoms with Crippen molar-refractivity contribution in [2.24, 2.45) is 0 Å². The van der Waals surface area contributed by atoms with Crippen molar-refractivity contribution in [3.05, 3.63) is 42.0 Å². The summed E-state index contributed by atoms with van der Waals surface area (Å²) < 4.78 is 12.7. The van der Waals surface area contributed by atoms with Crippen LogP contribution in [0.2, 0.25) is 0 Å². The molecule has 0 unspecified atom stereocenters. The van der Waals surface area contributed by atoms with Crippen LogP contribution in [0.25, 0.3) is 5.83 Å². The van der Waals surface area contributed by atoms with Gasteiger partial charge in [0.1, 0.15) is 5.83 Å². The van der Waals surface area contributed by atoms with Gasteiger partial charge in [0, 0.05) is 5.56 Å². The normalized spacial score (nSPS) is 11.6. The maximum absolute atomic E-state index is 12.7. The Morgan fingerprint density at radius 2 is 1.90 bits per heavy atom. The second-order valence-electron chi connectivity index (χ2n) is 2.00. The van der Waals surface area contributed by atoms with Crippen LogP contribution in [0.3, 0.4) is 0 Å². The predicted octanol–water partition coefficient (Wildman–Crippen LogP) is 3.02. The van der Waals surface area contributed by atoms with Crippen molar-refractivity contribution in [3.63, 3.8) is 0 Å². The molecule has 0 bridgehead atoms. The van der Waals surface area contributed by atoms with Gasteiger partial charge in [0.15, 0.2) is 0 Å². The minimum Gasteiger partial charge on any atom is -0.207 e. The standard InChI is InChI=1S/C9H9F/c1-2-9(10)8-6-4-3-5-7-8/h2-7H,1H3/b9-2+. The van der Waals surface area contributed by atoms with Gasteiger partial charge < -0.3 is 0 Å². The number of allylic oxidation sites excluding steroid dienone is 1. The van der Waals surface area contributed by atoms with Gasteiger partial charge >= 0.3 is 0 Å². The maximum Gasteiger partial charge on any atom is 0.126 e. The second-order valence-corrected chi connectivity index (χ2v) is 2.00. The molecule has 1 heteroatoms. The lowest BCUT2D eigenvalue weighted by atomic mass is 10.2. The van der Waals surface area contributed by atoms with Crippen LogP contribution < -0.4 is 0 Å². The molecule has 0 radical (unpaired) electrons. The number of benzene rings is 1. The van der Waals surface area contributed by atoms with Crippen molar-refractivity contribution in [1.82, 2.24) is 0 Å². The highest BCUT2D eigenvalue weighted by Gasteiger charge is 1.93. The fourth-order valence-corrected chi connectivity index (χ4v) is 0.764. The summed E-state index contributed by atoms with van der Waals surface area (Å²) in [6.07, 6.45) is 1.45. The molecule has 0 atom stereocenters. The minimum absolute atomic E-state index is 0.166. The van der Waals surface area contributed by atoms with Crippen LogP contribution in [0.4, 0.5) is 4.39 Å². The quantitative estimate of drug-likeness (QED) is 0.556. The van der Waals surface area contributed by atoms with Crippen molar-refractivity contribution >= 4 is 5.83 Å². The minimum atomic E-state index is -0.166. The monoisotopic (exact) mass is 136 g/mol. The first-order valence-electron chi connectivity index (χ1n) is 3.22. The van der Waals surface area contributed by atoms with Gasteiger partial charge in [-0.15, -0.1) is 0 Å². The lowest BCUT2D eigenvalue weighted by Crippen LogP contribution is -1.73. The van der Waals surface area contributed by atoms with E-state index in [4.69, 9.17) is 0 Å². The molecule has 0 fully saturated rings. The second kappa shape index (κ2) is 3.16. The molecule has 0 aliphatic rings. The first-order valence-corrected chi connectivity index (χ1v) is 3.22. The smallest absolute Gasteiger partial charge is 0.126 e. The van der Waals surface area contributed by atoms with Crippen LogP contribution in [-0.4, -0.2) is 0 Å². The molecular weight excluding hydrogens is 127 g/mol. The highest BCUT2D eigenvalue weighted by molar-refractivity contribution is 5.58. The van der Waals surface area contributed by atoms with Gasteiger partial charge in [-0.2, -0.15) is 0 Å². The Morgan fingerprint density at radius 3 is 2.40 bits per heavy atom. The molecular formula is C9H9F. The highest BCUT2D eigenvalue weighted by atomic mass is 19.1. The van der Waals surface area contributed by atoms with Crippen LogP contribution in [0.1, 0.15) is 12.5 Å². The Hall–Kier alpha value is -1.11. The zero-order chi connectivity index (χ0) is 7.40. The molecule has 0 saturated heterocycles. The lowest BCUT2D eigenvalue weighted by molar-refractivity contribution is 0.758. The van der Waals surface area contributed by atoms with Gasteiger partial charge in [-0.1, -0.05) is 36.4 Å². The zero-order valence-corrected chi connectivity index (χ0v) is 5.84. The predicted molar refractivity (Wildman–Crippen MR) is 41.2 cm³/mol. The number of rotatable bonds is 1. The van der Waals surface area contributed by atoms with Crippen molar-refractivity contribution in [1.29, 1.82) is 0 Å². The first kappa shape index (κ1) is 7.00. The zero-order valence-electron chi connectivity index (χ0n) is 5.84. The van der Waals surface area contributed by atoms with E-state index in [0.717, 1.165) is 0 Å². The Morgan fingerprint density at radius 1 is 1.30 bits per heavy atom. The van der Waals surface area contributed by atoms with E-state index < -0.39 is 0 Å². The van der Waals surface area contributed by atoms with Gasteiger partial charge in [0.2, 0.25) is 0 Å². The van der Waals surface area contributed by atoms with Crippen LogP contribution in [0, 0.1) is 0 Å². The average molecular weight is 136 g/mol. The topological polar surface area (TPSA) is 0 Å². The number of halogens is 1. The van der Waals surface area contributed by atoms with E-state index in [1.165, 1.54) is 6.08 Å². The summed E-state index contributed by atoms with van der Waals surface area (Å²) in [5, 5.41) is 0.